The topological polar surface area (TPSA) is 88.9 Å². The first-order valence-electron chi connectivity index (χ1n) is 9.33. The minimum absolute atomic E-state index is 0.0399. The van der Waals surface area contributed by atoms with Crippen molar-refractivity contribution in [2.24, 2.45) is 11.8 Å². The molecule has 1 aromatic carbocycles. The average molecular weight is 407 g/mol. The second-order valence-corrected chi connectivity index (χ2v) is 8.36. The van der Waals surface area contributed by atoms with Crippen molar-refractivity contribution in [1.82, 2.24) is 4.98 Å². The van der Waals surface area contributed by atoms with Crippen molar-refractivity contribution >= 4 is 17.3 Å². The van der Waals surface area contributed by atoms with Gasteiger partial charge in [0.15, 0.2) is 5.69 Å². The predicted molar refractivity (Wildman–Crippen MR) is 100 cm³/mol. The zero-order valence-electron chi connectivity index (χ0n) is 15.4. The minimum atomic E-state index is -1.04. The van der Waals surface area contributed by atoms with Crippen molar-refractivity contribution in [3.63, 3.8) is 0 Å². The Bertz CT molecular complexity index is 872. The molecule has 0 amide bonds. The first-order valence-corrected chi connectivity index (χ1v) is 10.2. The van der Waals surface area contributed by atoms with Gasteiger partial charge in [0, 0.05) is 17.7 Å². The Hall–Kier alpha value is -2.03. The molecule has 150 valence electrons. The smallest absolute Gasteiger partial charge is 0.355 e. The molecular formula is C20H22FNO5S. The molecule has 1 saturated carbocycles. The predicted octanol–water partition coefficient (Wildman–Crippen LogP) is 3.58. The van der Waals surface area contributed by atoms with E-state index in [-0.39, 0.29) is 35.6 Å². The van der Waals surface area contributed by atoms with E-state index in [0.29, 0.717) is 29.3 Å². The van der Waals surface area contributed by atoms with Gasteiger partial charge in [-0.15, -0.1) is 11.3 Å². The third kappa shape index (κ3) is 3.76. The molecule has 6 nitrogen and oxygen atoms in total. The molecule has 28 heavy (non-hydrogen) atoms. The molecular weight excluding hydrogens is 385 g/mol. The summed E-state index contributed by atoms with van der Waals surface area (Å²) in [6.45, 7) is 2.04. The van der Waals surface area contributed by atoms with Gasteiger partial charge in [0.1, 0.15) is 22.7 Å². The normalized spacial score (nSPS) is 29.5. The number of fused-ring (bicyclic) bond motifs is 1. The highest BCUT2D eigenvalue weighted by atomic mass is 32.1. The van der Waals surface area contributed by atoms with Gasteiger partial charge in [-0.05, 0) is 49.4 Å². The van der Waals surface area contributed by atoms with Crippen LogP contribution >= 0.6 is 11.3 Å². The van der Waals surface area contributed by atoms with E-state index >= 15 is 0 Å². The second-order valence-electron chi connectivity index (χ2n) is 7.47. The van der Waals surface area contributed by atoms with Gasteiger partial charge in [0.2, 0.25) is 0 Å². The number of benzene rings is 1. The Labute approximate surface area is 165 Å². The number of rotatable bonds is 5. The highest BCUT2D eigenvalue weighted by Crippen LogP contribution is 2.46. The zero-order chi connectivity index (χ0) is 19.8. The maximum atomic E-state index is 13.4. The van der Waals surface area contributed by atoms with Crippen molar-refractivity contribution in [3.05, 3.63) is 45.7 Å². The number of carbonyl (C=O) groups is 1. The molecule has 2 aromatic rings. The van der Waals surface area contributed by atoms with Crippen LogP contribution in [0.2, 0.25) is 0 Å². The van der Waals surface area contributed by atoms with Crippen LogP contribution in [0.1, 0.15) is 46.4 Å². The number of nitrogens with zero attached hydrogens (tertiary/aromatic N) is 1. The minimum Gasteiger partial charge on any atom is -0.493 e. The number of hydrogen-bond donors (Lipinski definition) is 2. The fourth-order valence-electron chi connectivity index (χ4n) is 4.18. The number of aliphatic hydroxyl groups excluding tert-OH is 1. The lowest BCUT2D eigenvalue weighted by Gasteiger charge is -2.33. The number of carboxylic acids is 1. The fourth-order valence-corrected chi connectivity index (χ4v) is 5.04. The van der Waals surface area contributed by atoms with Crippen LogP contribution in [-0.4, -0.2) is 40.0 Å². The molecule has 2 heterocycles. The molecule has 0 unspecified atom stereocenters. The summed E-state index contributed by atoms with van der Waals surface area (Å²) in [5.74, 6) is -0.601. The molecule has 2 N–H and O–H groups in total. The zero-order valence-corrected chi connectivity index (χ0v) is 16.2. The third-order valence-electron chi connectivity index (χ3n) is 5.69. The van der Waals surface area contributed by atoms with Gasteiger partial charge in [0.25, 0.3) is 0 Å². The average Bonchev–Trinajstić information content (AvgIpc) is 3.27. The van der Waals surface area contributed by atoms with Crippen molar-refractivity contribution in [2.45, 2.75) is 44.5 Å². The number of aromatic nitrogens is 1. The molecule has 0 spiro atoms. The molecule has 1 aliphatic carbocycles. The maximum Gasteiger partial charge on any atom is 0.355 e. The van der Waals surface area contributed by atoms with Gasteiger partial charge in [-0.25, -0.2) is 14.2 Å². The van der Waals surface area contributed by atoms with E-state index in [2.05, 4.69) is 4.98 Å². The second kappa shape index (κ2) is 7.77. The highest BCUT2D eigenvalue weighted by molar-refractivity contribution is 7.09. The number of aryl methyl sites for hydroxylation is 1. The summed E-state index contributed by atoms with van der Waals surface area (Å²) in [5.41, 5.74) is 0.563. The summed E-state index contributed by atoms with van der Waals surface area (Å²) in [5, 5.41) is 21.8. The van der Waals surface area contributed by atoms with Crippen LogP contribution in [0.5, 0.6) is 5.75 Å². The summed E-state index contributed by atoms with van der Waals surface area (Å²) < 4.78 is 25.4. The summed E-state index contributed by atoms with van der Waals surface area (Å²) in [6, 6.07) is 4.63. The molecule has 8 heteroatoms. The van der Waals surface area contributed by atoms with Crippen molar-refractivity contribution in [1.29, 1.82) is 0 Å². The van der Waals surface area contributed by atoms with Crippen LogP contribution in [0.4, 0.5) is 4.39 Å². The lowest BCUT2D eigenvalue weighted by Crippen LogP contribution is -2.33. The first-order chi connectivity index (χ1) is 13.4. The molecule has 1 saturated heterocycles. The van der Waals surface area contributed by atoms with Gasteiger partial charge < -0.3 is 19.7 Å². The van der Waals surface area contributed by atoms with E-state index in [9.17, 15) is 14.3 Å². The quantitative estimate of drug-likeness (QED) is 0.788. The third-order valence-corrected chi connectivity index (χ3v) is 6.62. The lowest BCUT2D eigenvalue weighted by molar-refractivity contribution is -0.0811. The molecule has 1 aromatic heterocycles. The number of halogens is 1. The monoisotopic (exact) mass is 407 g/mol. The number of hydrogen-bond acceptors (Lipinski definition) is 6. The molecule has 0 bridgehead atoms. The maximum absolute atomic E-state index is 13.4. The summed E-state index contributed by atoms with van der Waals surface area (Å²) in [6.07, 6.45) is 1.24. The van der Waals surface area contributed by atoms with Gasteiger partial charge in [-0.2, -0.15) is 0 Å². The Morgan fingerprint density at radius 3 is 2.96 bits per heavy atom. The number of ether oxygens (including phenoxy) is 2. The molecule has 2 aliphatic rings. The lowest BCUT2D eigenvalue weighted by atomic mass is 9.87. The molecule has 1 aliphatic heterocycles. The fraction of sp³-hybridized carbons (Fsp3) is 0.500. The summed E-state index contributed by atoms with van der Waals surface area (Å²) >= 11 is 1.30. The number of thiazole rings is 1. The van der Waals surface area contributed by atoms with E-state index in [4.69, 9.17) is 14.6 Å². The standard InChI is InChI=1S/C20H22FNO5S/c1-10-6-11(2-4-14(10)21)26-8-13-12-3-5-17(27-18(12)7-16(13)23)19-22-15(9-28-19)20(24)25/h2,4,6,9,12-13,16-18,23H,3,5,7-8H2,1H3,(H,24,25)/t12-,13-,16+,17-,18+/m1/s1. The van der Waals surface area contributed by atoms with Crippen molar-refractivity contribution in [2.75, 3.05) is 6.61 Å². The van der Waals surface area contributed by atoms with Gasteiger partial charge in [0.05, 0.1) is 18.8 Å². The Balaban J connectivity index is 1.39. The molecule has 5 atom stereocenters. The molecule has 4 rings (SSSR count). The largest absolute Gasteiger partial charge is 0.493 e. The Morgan fingerprint density at radius 2 is 2.25 bits per heavy atom. The summed E-state index contributed by atoms with van der Waals surface area (Å²) in [7, 11) is 0. The van der Waals surface area contributed by atoms with Crippen molar-refractivity contribution in [3.8, 4) is 5.75 Å². The van der Waals surface area contributed by atoms with Crippen LogP contribution in [0.15, 0.2) is 23.6 Å². The van der Waals surface area contributed by atoms with Gasteiger partial charge in [-0.3, -0.25) is 0 Å². The van der Waals surface area contributed by atoms with Gasteiger partial charge >= 0.3 is 5.97 Å². The summed E-state index contributed by atoms with van der Waals surface area (Å²) in [4.78, 5) is 15.2. The van der Waals surface area contributed by atoms with Crippen LogP contribution in [-0.2, 0) is 4.74 Å². The number of aromatic carboxylic acids is 1. The van der Waals surface area contributed by atoms with Crippen LogP contribution in [0, 0.1) is 24.6 Å². The van der Waals surface area contributed by atoms with E-state index < -0.39 is 12.1 Å². The van der Waals surface area contributed by atoms with Crippen LogP contribution < -0.4 is 4.74 Å². The van der Waals surface area contributed by atoms with E-state index in [1.54, 1.807) is 19.1 Å². The molecule has 2 fully saturated rings. The highest BCUT2D eigenvalue weighted by Gasteiger charge is 2.47. The number of aliphatic hydroxyl groups is 1. The molecule has 0 radical (unpaired) electrons. The van der Waals surface area contributed by atoms with E-state index in [0.717, 1.165) is 12.8 Å². The van der Waals surface area contributed by atoms with Gasteiger partial charge in [-0.1, -0.05) is 0 Å². The van der Waals surface area contributed by atoms with Crippen LogP contribution in [0.3, 0.4) is 0 Å². The van der Waals surface area contributed by atoms with E-state index in [1.165, 1.54) is 22.8 Å². The Kier molecular flexibility index (Phi) is 5.35. The van der Waals surface area contributed by atoms with Crippen molar-refractivity contribution < 1.29 is 28.9 Å². The van der Waals surface area contributed by atoms with Crippen LogP contribution in [0.25, 0.3) is 0 Å². The van der Waals surface area contributed by atoms with E-state index in [1.807, 2.05) is 0 Å². The number of carboxylic acid groups (broad SMARTS) is 1. The SMILES string of the molecule is Cc1cc(OC[C@@H]2[C@H]3CC[C@H](c4nc(C(=O)O)cs4)O[C@H]3C[C@@H]2O)ccc1F. The Morgan fingerprint density at radius 1 is 1.43 bits per heavy atom. The first kappa shape index (κ1) is 19.3.